The molecule has 2 aromatic rings. The average Bonchev–Trinajstić information content (AvgIpc) is 2.67. The van der Waals surface area contributed by atoms with E-state index in [1.54, 1.807) is 69.3 Å². The Kier molecular flexibility index (Phi) is 8.05. The third-order valence-electron chi connectivity index (χ3n) is 4.00. The maximum Gasteiger partial charge on any atom is 0.308 e. The zero-order chi connectivity index (χ0) is 21.4. The summed E-state index contributed by atoms with van der Waals surface area (Å²) in [6.45, 7) is 5.12. The van der Waals surface area contributed by atoms with E-state index >= 15 is 0 Å². The van der Waals surface area contributed by atoms with Gasteiger partial charge in [0.25, 0.3) is 5.91 Å². The van der Waals surface area contributed by atoms with Gasteiger partial charge in [-0.1, -0.05) is 29.8 Å². The van der Waals surface area contributed by atoms with Crippen LogP contribution in [0.25, 0.3) is 0 Å². The van der Waals surface area contributed by atoms with Gasteiger partial charge in [0.2, 0.25) is 0 Å². The molecule has 0 aliphatic carbocycles. The Bertz CT molecular complexity index is 890. The summed E-state index contributed by atoms with van der Waals surface area (Å²) in [5.41, 5.74) is 1.12. The molecule has 29 heavy (non-hydrogen) atoms. The molecule has 0 saturated carbocycles. The number of hydrogen-bond donors (Lipinski definition) is 1. The van der Waals surface area contributed by atoms with Gasteiger partial charge in [0, 0.05) is 5.02 Å². The van der Waals surface area contributed by atoms with Crippen LogP contribution < -0.4 is 10.1 Å². The summed E-state index contributed by atoms with van der Waals surface area (Å²) in [6, 6.07) is 14.8. The van der Waals surface area contributed by atoms with Gasteiger partial charge in [0.1, 0.15) is 5.75 Å². The van der Waals surface area contributed by atoms with Crippen LogP contribution in [0.2, 0.25) is 5.02 Å². The van der Waals surface area contributed by atoms with Crippen LogP contribution in [0, 0.1) is 11.3 Å². The number of esters is 1. The zero-order valence-corrected chi connectivity index (χ0v) is 17.3. The van der Waals surface area contributed by atoms with Crippen molar-refractivity contribution in [2.24, 2.45) is 0 Å². The number of hydrogen-bond acceptors (Lipinski definition) is 5. The molecule has 2 unspecified atom stereocenters. The molecule has 2 aromatic carbocycles. The lowest BCUT2D eigenvalue weighted by atomic mass is 10.0. The molecule has 6 nitrogen and oxygen atoms in total. The number of halogens is 1. The first kappa shape index (κ1) is 22.3. The third kappa shape index (κ3) is 6.81. The second kappa shape index (κ2) is 10.5. The minimum absolute atomic E-state index is 0.0583. The summed E-state index contributed by atoms with van der Waals surface area (Å²) in [7, 11) is 0. The first-order valence-electron chi connectivity index (χ1n) is 9.21. The Labute approximate surface area is 175 Å². The van der Waals surface area contributed by atoms with Crippen LogP contribution >= 0.6 is 11.6 Å². The summed E-state index contributed by atoms with van der Waals surface area (Å²) in [6.07, 6.45) is -1.14. The van der Waals surface area contributed by atoms with Gasteiger partial charge < -0.3 is 14.8 Å². The van der Waals surface area contributed by atoms with Crippen molar-refractivity contribution in [1.82, 2.24) is 5.32 Å². The molecule has 2 rings (SSSR count). The number of nitrogens with one attached hydrogen (secondary N) is 1. The highest BCUT2D eigenvalue weighted by molar-refractivity contribution is 6.31. The topological polar surface area (TPSA) is 88.4 Å². The number of nitrogens with zero attached hydrogens (tertiary/aromatic N) is 1. The summed E-state index contributed by atoms with van der Waals surface area (Å²) >= 11 is 6.27. The maximum absolute atomic E-state index is 12.7. The standard InChI is InChI=1S/C22H23ClN2O4/c1-14(2)28-21(26)12-20(18-6-4-5-7-19(18)23)25-22(27)15(3)29-17-10-8-16(13-24)9-11-17/h4-11,14-15,20H,12H2,1-3H3,(H,25,27). The van der Waals surface area contributed by atoms with Gasteiger partial charge in [-0.2, -0.15) is 5.26 Å². The third-order valence-corrected chi connectivity index (χ3v) is 4.34. The summed E-state index contributed by atoms with van der Waals surface area (Å²) in [5, 5.41) is 12.1. The smallest absolute Gasteiger partial charge is 0.308 e. The van der Waals surface area contributed by atoms with Crippen LogP contribution in [0.15, 0.2) is 48.5 Å². The van der Waals surface area contributed by atoms with Crippen molar-refractivity contribution in [2.45, 2.75) is 45.4 Å². The van der Waals surface area contributed by atoms with Crippen molar-refractivity contribution < 1.29 is 19.1 Å². The van der Waals surface area contributed by atoms with E-state index in [9.17, 15) is 9.59 Å². The van der Waals surface area contributed by atoms with Gasteiger partial charge in [0.05, 0.1) is 30.2 Å². The minimum Gasteiger partial charge on any atom is -0.481 e. The predicted molar refractivity (Wildman–Crippen MR) is 109 cm³/mol. The number of amides is 1. The van der Waals surface area contributed by atoms with Gasteiger partial charge in [0.15, 0.2) is 6.10 Å². The van der Waals surface area contributed by atoms with Crippen LogP contribution in [0.3, 0.4) is 0 Å². The normalized spacial score (nSPS) is 12.6. The van der Waals surface area contributed by atoms with Crippen LogP contribution in [0.1, 0.15) is 44.4 Å². The molecule has 152 valence electrons. The van der Waals surface area contributed by atoms with Crippen molar-refractivity contribution in [2.75, 3.05) is 0 Å². The molecule has 0 spiro atoms. The number of carbonyl (C=O) groups excluding carboxylic acids is 2. The van der Waals surface area contributed by atoms with E-state index in [0.29, 0.717) is 21.9 Å². The van der Waals surface area contributed by atoms with Crippen molar-refractivity contribution in [1.29, 1.82) is 5.26 Å². The Hall–Kier alpha value is -3.04. The maximum atomic E-state index is 12.7. The van der Waals surface area contributed by atoms with Gasteiger partial charge in [-0.05, 0) is 56.7 Å². The molecule has 0 radical (unpaired) electrons. The van der Waals surface area contributed by atoms with Crippen LogP contribution in [-0.4, -0.2) is 24.1 Å². The monoisotopic (exact) mass is 414 g/mol. The number of benzene rings is 2. The Morgan fingerprint density at radius 3 is 2.34 bits per heavy atom. The van der Waals surface area contributed by atoms with E-state index in [2.05, 4.69) is 5.32 Å². The van der Waals surface area contributed by atoms with Crippen LogP contribution in [-0.2, 0) is 14.3 Å². The van der Waals surface area contributed by atoms with Crippen molar-refractivity contribution in [3.8, 4) is 11.8 Å². The minimum atomic E-state index is -0.825. The fourth-order valence-corrected chi connectivity index (χ4v) is 2.90. The fraction of sp³-hybridized carbons (Fsp3) is 0.318. The van der Waals surface area contributed by atoms with Gasteiger partial charge in [-0.25, -0.2) is 0 Å². The lowest BCUT2D eigenvalue weighted by Gasteiger charge is -2.23. The lowest BCUT2D eigenvalue weighted by Crippen LogP contribution is -2.39. The number of ether oxygens (including phenoxy) is 2. The van der Waals surface area contributed by atoms with Crippen LogP contribution in [0.5, 0.6) is 5.75 Å². The molecule has 0 bridgehead atoms. The first-order chi connectivity index (χ1) is 13.8. The molecule has 0 aromatic heterocycles. The molecule has 0 saturated heterocycles. The van der Waals surface area contributed by atoms with E-state index in [0.717, 1.165) is 0 Å². The fourth-order valence-electron chi connectivity index (χ4n) is 2.63. The highest BCUT2D eigenvalue weighted by Gasteiger charge is 2.25. The molecule has 7 heteroatoms. The Morgan fingerprint density at radius 2 is 1.76 bits per heavy atom. The summed E-state index contributed by atoms with van der Waals surface area (Å²) in [4.78, 5) is 24.9. The quantitative estimate of drug-likeness (QED) is 0.654. The van der Waals surface area contributed by atoms with E-state index in [1.165, 1.54) is 0 Å². The Morgan fingerprint density at radius 1 is 1.10 bits per heavy atom. The molecule has 2 atom stereocenters. The first-order valence-corrected chi connectivity index (χ1v) is 9.59. The molecule has 1 amide bonds. The molecule has 0 aliphatic rings. The molecular formula is C22H23ClN2O4. The number of nitriles is 1. The molecule has 0 fully saturated rings. The van der Waals surface area contributed by atoms with E-state index in [4.69, 9.17) is 26.3 Å². The summed E-state index contributed by atoms with van der Waals surface area (Å²) < 4.78 is 10.9. The SMILES string of the molecule is CC(C)OC(=O)CC(NC(=O)C(C)Oc1ccc(C#N)cc1)c1ccccc1Cl. The summed E-state index contributed by atoms with van der Waals surface area (Å²) in [5.74, 6) is -0.386. The average molecular weight is 415 g/mol. The van der Waals surface area contributed by atoms with Crippen LogP contribution in [0.4, 0.5) is 0 Å². The molecular weight excluding hydrogens is 392 g/mol. The van der Waals surface area contributed by atoms with Gasteiger partial charge in [-0.3, -0.25) is 9.59 Å². The Balaban J connectivity index is 2.11. The highest BCUT2D eigenvalue weighted by atomic mass is 35.5. The van der Waals surface area contributed by atoms with E-state index in [1.807, 2.05) is 6.07 Å². The van der Waals surface area contributed by atoms with E-state index < -0.39 is 24.0 Å². The van der Waals surface area contributed by atoms with Gasteiger partial charge in [-0.15, -0.1) is 0 Å². The van der Waals surface area contributed by atoms with E-state index in [-0.39, 0.29) is 12.5 Å². The molecule has 1 N–H and O–H groups in total. The second-order valence-corrected chi connectivity index (χ2v) is 7.13. The van der Waals surface area contributed by atoms with Crippen molar-refractivity contribution in [3.63, 3.8) is 0 Å². The van der Waals surface area contributed by atoms with Crippen molar-refractivity contribution in [3.05, 3.63) is 64.7 Å². The second-order valence-electron chi connectivity index (χ2n) is 6.72. The largest absolute Gasteiger partial charge is 0.481 e. The zero-order valence-electron chi connectivity index (χ0n) is 16.5. The van der Waals surface area contributed by atoms with Gasteiger partial charge >= 0.3 is 5.97 Å². The lowest BCUT2D eigenvalue weighted by molar-refractivity contribution is -0.148. The number of rotatable bonds is 8. The van der Waals surface area contributed by atoms with Crippen molar-refractivity contribution >= 4 is 23.5 Å². The molecule has 0 heterocycles. The molecule has 0 aliphatic heterocycles. The predicted octanol–water partition coefficient (Wildman–Crippen LogP) is 4.18. The number of carbonyl (C=O) groups is 2. The highest BCUT2D eigenvalue weighted by Crippen LogP contribution is 2.26.